The molecular weight excluding hydrogens is 168 g/mol. The molecule has 4 nitrogen and oxygen atoms in total. The summed E-state index contributed by atoms with van der Waals surface area (Å²) in [7, 11) is 0. The Bertz CT molecular complexity index is 234. The highest BCUT2D eigenvalue weighted by molar-refractivity contribution is 5.98. The Morgan fingerprint density at radius 2 is 2.08 bits per heavy atom. The summed E-state index contributed by atoms with van der Waals surface area (Å²) >= 11 is 0. The van der Waals surface area contributed by atoms with Crippen molar-refractivity contribution in [3.63, 3.8) is 0 Å². The molecule has 1 rings (SSSR count). The van der Waals surface area contributed by atoms with Crippen molar-refractivity contribution in [2.45, 2.75) is 33.1 Å². The molecule has 0 atom stereocenters. The molecule has 0 aromatic rings. The van der Waals surface area contributed by atoms with E-state index >= 15 is 0 Å². The van der Waals surface area contributed by atoms with Crippen molar-refractivity contribution in [1.82, 2.24) is 4.90 Å². The minimum atomic E-state index is -0.617. The van der Waals surface area contributed by atoms with Crippen molar-refractivity contribution >= 4 is 11.9 Å². The molecule has 0 aliphatic carbocycles. The van der Waals surface area contributed by atoms with E-state index in [-0.39, 0.29) is 11.3 Å². The molecule has 2 N–H and O–H groups in total. The summed E-state index contributed by atoms with van der Waals surface area (Å²) < 4.78 is 0. The van der Waals surface area contributed by atoms with Crippen LogP contribution in [0.25, 0.3) is 0 Å². The first kappa shape index (κ1) is 10.0. The van der Waals surface area contributed by atoms with Gasteiger partial charge in [-0.1, -0.05) is 13.8 Å². The molecule has 1 aliphatic heterocycles. The minimum Gasteiger partial charge on any atom is -0.351 e. The molecule has 3 amide bonds. The molecule has 1 heterocycles. The molecular formula is C9H16N2O2. The Labute approximate surface area is 78.1 Å². The number of carbonyl (C=O) groups is 2. The molecule has 0 aromatic heterocycles. The smallest absolute Gasteiger partial charge is 0.321 e. The van der Waals surface area contributed by atoms with Crippen LogP contribution in [0.15, 0.2) is 0 Å². The largest absolute Gasteiger partial charge is 0.351 e. The number of urea groups is 1. The maximum absolute atomic E-state index is 11.8. The van der Waals surface area contributed by atoms with E-state index in [9.17, 15) is 9.59 Å². The van der Waals surface area contributed by atoms with Crippen LogP contribution in [-0.2, 0) is 4.79 Å². The Kier molecular flexibility index (Phi) is 2.59. The second-order valence-corrected chi connectivity index (χ2v) is 3.53. The number of rotatable bonds is 2. The first-order chi connectivity index (χ1) is 6.07. The Balaban J connectivity index is 2.85. The number of primary amides is 1. The average molecular weight is 184 g/mol. The summed E-state index contributed by atoms with van der Waals surface area (Å²) in [6, 6.07) is -0.617. The van der Waals surface area contributed by atoms with Crippen molar-refractivity contribution in [3.8, 4) is 0 Å². The van der Waals surface area contributed by atoms with E-state index in [0.29, 0.717) is 6.54 Å². The summed E-state index contributed by atoms with van der Waals surface area (Å²) in [5.41, 5.74) is 4.76. The number of nitrogens with two attached hydrogens (primary N) is 1. The zero-order valence-corrected chi connectivity index (χ0v) is 8.17. The predicted molar refractivity (Wildman–Crippen MR) is 48.9 cm³/mol. The highest BCUT2D eigenvalue weighted by Gasteiger charge is 2.45. The van der Waals surface area contributed by atoms with Crippen LogP contribution < -0.4 is 5.73 Å². The van der Waals surface area contributed by atoms with Gasteiger partial charge in [0, 0.05) is 6.54 Å². The van der Waals surface area contributed by atoms with Gasteiger partial charge in [0.1, 0.15) is 0 Å². The molecule has 1 saturated heterocycles. The lowest BCUT2D eigenvalue weighted by Gasteiger charge is -2.23. The van der Waals surface area contributed by atoms with Gasteiger partial charge in [-0.15, -0.1) is 0 Å². The van der Waals surface area contributed by atoms with E-state index in [1.54, 1.807) is 0 Å². The Hall–Kier alpha value is -1.06. The van der Waals surface area contributed by atoms with Crippen LogP contribution in [-0.4, -0.2) is 23.4 Å². The molecule has 4 heteroatoms. The monoisotopic (exact) mass is 184 g/mol. The van der Waals surface area contributed by atoms with E-state index in [0.717, 1.165) is 24.2 Å². The van der Waals surface area contributed by atoms with Crippen LogP contribution in [0.1, 0.15) is 33.1 Å². The van der Waals surface area contributed by atoms with E-state index in [2.05, 4.69) is 0 Å². The topological polar surface area (TPSA) is 63.4 Å². The SMILES string of the molecule is CCC1(CC)CCN(C(N)=O)C1=O. The molecule has 0 bridgehead atoms. The Morgan fingerprint density at radius 3 is 2.31 bits per heavy atom. The van der Waals surface area contributed by atoms with Crippen molar-refractivity contribution in [1.29, 1.82) is 0 Å². The summed E-state index contributed by atoms with van der Waals surface area (Å²) in [4.78, 5) is 23.8. The number of hydrogen-bond acceptors (Lipinski definition) is 2. The van der Waals surface area contributed by atoms with Crippen LogP contribution in [0.4, 0.5) is 4.79 Å². The molecule has 0 spiro atoms. The normalized spacial score (nSPS) is 20.8. The molecule has 0 radical (unpaired) electrons. The van der Waals surface area contributed by atoms with Gasteiger partial charge < -0.3 is 5.73 Å². The van der Waals surface area contributed by atoms with Gasteiger partial charge in [-0.05, 0) is 19.3 Å². The second kappa shape index (κ2) is 3.36. The maximum atomic E-state index is 11.8. The lowest BCUT2D eigenvalue weighted by Crippen LogP contribution is -2.40. The second-order valence-electron chi connectivity index (χ2n) is 3.53. The lowest BCUT2D eigenvalue weighted by atomic mass is 9.81. The molecule has 0 unspecified atom stereocenters. The van der Waals surface area contributed by atoms with Crippen LogP contribution in [0, 0.1) is 5.41 Å². The number of amides is 3. The summed E-state index contributed by atoms with van der Waals surface area (Å²) in [5, 5.41) is 0. The fourth-order valence-electron chi connectivity index (χ4n) is 1.94. The standard InChI is InChI=1S/C9H16N2O2/c1-3-9(4-2)5-6-11(7(9)12)8(10)13/h3-6H2,1-2H3,(H2,10,13). The number of nitrogens with zero attached hydrogens (tertiary/aromatic N) is 1. The molecule has 0 saturated carbocycles. The lowest BCUT2D eigenvalue weighted by molar-refractivity contribution is -0.133. The number of imide groups is 1. The third kappa shape index (κ3) is 1.41. The van der Waals surface area contributed by atoms with Gasteiger partial charge in [-0.25, -0.2) is 4.79 Å². The maximum Gasteiger partial charge on any atom is 0.321 e. The van der Waals surface area contributed by atoms with Crippen molar-refractivity contribution in [2.75, 3.05) is 6.54 Å². The molecule has 74 valence electrons. The highest BCUT2D eigenvalue weighted by atomic mass is 16.2. The number of likely N-dealkylation sites (tertiary alicyclic amines) is 1. The van der Waals surface area contributed by atoms with Gasteiger partial charge in [-0.3, -0.25) is 9.69 Å². The van der Waals surface area contributed by atoms with Gasteiger partial charge in [0.15, 0.2) is 0 Å². The minimum absolute atomic E-state index is 0.0926. The van der Waals surface area contributed by atoms with Crippen molar-refractivity contribution < 1.29 is 9.59 Å². The molecule has 1 aliphatic rings. The van der Waals surface area contributed by atoms with Crippen LogP contribution in [0.2, 0.25) is 0 Å². The summed E-state index contributed by atoms with van der Waals surface area (Å²) in [6.45, 7) is 4.44. The van der Waals surface area contributed by atoms with Gasteiger partial charge in [-0.2, -0.15) is 0 Å². The van der Waals surface area contributed by atoms with Crippen LogP contribution in [0.5, 0.6) is 0 Å². The van der Waals surface area contributed by atoms with Gasteiger partial charge >= 0.3 is 6.03 Å². The Morgan fingerprint density at radius 1 is 1.54 bits per heavy atom. The van der Waals surface area contributed by atoms with Crippen LogP contribution in [0.3, 0.4) is 0 Å². The molecule has 0 aromatic carbocycles. The summed E-state index contributed by atoms with van der Waals surface area (Å²) in [6.07, 6.45) is 2.32. The first-order valence-corrected chi connectivity index (χ1v) is 4.69. The van der Waals surface area contributed by atoms with E-state index in [4.69, 9.17) is 5.73 Å². The summed E-state index contributed by atoms with van der Waals surface area (Å²) in [5.74, 6) is -0.0926. The third-order valence-corrected chi connectivity index (χ3v) is 3.13. The van der Waals surface area contributed by atoms with Gasteiger partial charge in [0.2, 0.25) is 5.91 Å². The average Bonchev–Trinajstić information content (AvgIpc) is 2.43. The zero-order chi connectivity index (χ0) is 10.1. The van der Waals surface area contributed by atoms with E-state index in [1.165, 1.54) is 0 Å². The van der Waals surface area contributed by atoms with Gasteiger partial charge in [0.25, 0.3) is 0 Å². The quantitative estimate of drug-likeness (QED) is 0.698. The fraction of sp³-hybridized carbons (Fsp3) is 0.778. The van der Waals surface area contributed by atoms with E-state index in [1.807, 2.05) is 13.8 Å². The molecule has 13 heavy (non-hydrogen) atoms. The fourth-order valence-corrected chi connectivity index (χ4v) is 1.94. The van der Waals surface area contributed by atoms with Gasteiger partial charge in [0.05, 0.1) is 5.41 Å². The van der Waals surface area contributed by atoms with Crippen molar-refractivity contribution in [2.24, 2.45) is 11.1 Å². The highest BCUT2D eigenvalue weighted by Crippen LogP contribution is 2.37. The number of hydrogen-bond donors (Lipinski definition) is 1. The predicted octanol–water partition coefficient (Wildman–Crippen LogP) is 1.10. The van der Waals surface area contributed by atoms with Crippen molar-refractivity contribution in [3.05, 3.63) is 0 Å². The zero-order valence-electron chi connectivity index (χ0n) is 8.17. The van der Waals surface area contributed by atoms with Crippen LogP contribution >= 0.6 is 0 Å². The third-order valence-electron chi connectivity index (χ3n) is 3.13. The number of carbonyl (C=O) groups excluding carboxylic acids is 2. The van der Waals surface area contributed by atoms with E-state index < -0.39 is 6.03 Å². The first-order valence-electron chi connectivity index (χ1n) is 4.69. The molecule has 1 fully saturated rings.